The van der Waals surface area contributed by atoms with Crippen LogP contribution in [-0.2, 0) is 4.74 Å². The molecule has 0 aromatic heterocycles. The van der Waals surface area contributed by atoms with Gasteiger partial charge in [-0.15, -0.1) is 0 Å². The van der Waals surface area contributed by atoms with E-state index in [1.54, 1.807) is 37.3 Å². The number of hydrogen-bond donors (Lipinski definition) is 5. The van der Waals surface area contributed by atoms with Crippen LogP contribution in [0.4, 0.5) is 0 Å². The quantitative estimate of drug-likeness (QED) is 0.400. The van der Waals surface area contributed by atoms with E-state index >= 15 is 0 Å². The Morgan fingerprint density at radius 3 is 2.50 bits per heavy atom. The summed E-state index contributed by atoms with van der Waals surface area (Å²) in [5, 5.41) is 42.5. The topological polar surface area (TPSA) is 132 Å². The average molecular weight is 388 g/mol. The molecule has 8 nitrogen and oxygen atoms in total. The van der Waals surface area contributed by atoms with Gasteiger partial charge in [-0.3, -0.25) is 9.79 Å². The second-order valence-corrected chi connectivity index (χ2v) is 7.11. The summed E-state index contributed by atoms with van der Waals surface area (Å²) in [7, 11) is 0. The van der Waals surface area contributed by atoms with E-state index in [1.165, 1.54) is 12.2 Å². The number of fused-ring (bicyclic) bond motifs is 1. The first-order valence-electron chi connectivity index (χ1n) is 8.95. The normalized spacial score (nSPS) is 26.9. The lowest BCUT2D eigenvalue weighted by Crippen LogP contribution is -2.59. The van der Waals surface area contributed by atoms with Gasteiger partial charge in [0, 0.05) is 11.1 Å². The molecule has 2 atom stereocenters. The van der Waals surface area contributed by atoms with Crippen molar-refractivity contribution >= 4 is 11.5 Å². The van der Waals surface area contributed by atoms with Crippen molar-refractivity contribution in [2.45, 2.75) is 24.3 Å². The van der Waals surface area contributed by atoms with Gasteiger partial charge in [0.25, 0.3) is 5.79 Å². The Morgan fingerprint density at radius 2 is 1.89 bits per heavy atom. The molecule has 0 spiro atoms. The number of aliphatic hydroxyl groups is 4. The number of carbonyl (C=O) groups is 1. The molecule has 5 N–H and O–H groups in total. The first-order chi connectivity index (χ1) is 13.4. The van der Waals surface area contributed by atoms with Gasteiger partial charge >= 0.3 is 0 Å². The molecular formula is C20H24N2O6. The number of Topliss-reactive ketones (excluding diaryl/α,β-unsaturated/α-hetero) is 1. The lowest BCUT2D eigenvalue weighted by Gasteiger charge is -2.43. The number of nitrogens with zero attached hydrogens (tertiary/aromatic N) is 1. The Hall–Kier alpha value is -2.36. The highest BCUT2D eigenvalue weighted by atomic mass is 16.6. The second kappa shape index (κ2) is 7.94. The molecule has 150 valence electrons. The van der Waals surface area contributed by atoms with Gasteiger partial charge in [-0.2, -0.15) is 0 Å². The molecule has 0 saturated heterocycles. The maximum absolute atomic E-state index is 13.0. The van der Waals surface area contributed by atoms with Gasteiger partial charge in [-0.25, -0.2) is 0 Å². The molecule has 0 radical (unpaired) electrons. The molecule has 1 aliphatic carbocycles. The summed E-state index contributed by atoms with van der Waals surface area (Å²) in [5.74, 6) is -2.41. The van der Waals surface area contributed by atoms with Crippen LogP contribution < -0.4 is 5.32 Å². The summed E-state index contributed by atoms with van der Waals surface area (Å²) >= 11 is 0. The van der Waals surface area contributed by atoms with Gasteiger partial charge < -0.3 is 30.5 Å². The van der Waals surface area contributed by atoms with E-state index in [0.717, 1.165) is 0 Å². The molecule has 0 bridgehead atoms. The number of ketones is 1. The van der Waals surface area contributed by atoms with Crippen LogP contribution >= 0.6 is 0 Å². The molecule has 3 rings (SSSR count). The zero-order valence-electron chi connectivity index (χ0n) is 15.5. The fourth-order valence-corrected chi connectivity index (χ4v) is 3.04. The second-order valence-electron chi connectivity index (χ2n) is 7.11. The Labute approximate surface area is 162 Å². The number of carbonyl (C=O) groups excluding carboxylic acids is 1. The number of nitrogens with one attached hydrogen (secondary N) is 1. The number of allylic oxidation sites excluding steroid dienone is 2. The highest BCUT2D eigenvalue weighted by Crippen LogP contribution is 2.35. The summed E-state index contributed by atoms with van der Waals surface area (Å²) in [4.78, 5) is 17.5. The minimum atomic E-state index is -2.06. The first kappa shape index (κ1) is 20.4. The number of aliphatic hydroxyl groups excluding tert-OH is 3. The molecule has 2 aliphatic rings. The van der Waals surface area contributed by atoms with Crippen molar-refractivity contribution in [1.82, 2.24) is 5.32 Å². The summed E-state index contributed by atoms with van der Waals surface area (Å²) < 4.78 is 5.67. The Morgan fingerprint density at radius 1 is 1.21 bits per heavy atom. The minimum absolute atomic E-state index is 0.0243. The number of benzene rings is 1. The molecule has 0 fully saturated rings. The summed E-state index contributed by atoms with van der Waals surface area (Å²) in [6, 6.07) is 7.83. The van der Waals surface area contributed by atoms with Crippen LogP contribution in [0.15, 0.2) is 58.7 Å². The van der Waals surface area contributed by atoms with Crippen LogP contribution in [-0.4, -0.2) is 75.7 Å². The van der Waals surface area contributed by atoms with E-state index in [9.17, 15) is 25.2 Å². The van der Waals surface area contributed by atoms with Crippen molar-refractivity contribution in [3.05, 3.63) is 59.3 Å². The zero-order chi connectivity index (χ0) is 20.4. The van der Waals surface area contributed by atoms with Crippen LogP contribution in [0, 0.1) is 0 Å². The third kappa shape index (κ3) is 3.65. The van der Waals surface area contributed by atoms with Crippen LogP contribution in [0.5, 0.6) is 0 Å². The van der Waals surface area contributed by atoms with Gasteiger partial charge in [0.15, 0.2) is 5.78 Å². The Bertz CT molecular complexity index is 830. The summed E-state index contributed by atoms with van der Waals surface area (Å²) in [6.07, 6.45) is 2.97. The molecule has 0 saturated carbocycles. The molecule has 1 aliphatic heterocycles. The largest absolute Gasteiger partial charge is 0.394 e. The average Bonchev–Trinajstić information content (AvgIpc) is 2.73. The third-order valence-corrected chi connectivity index (χ3v) is 4.75. The molecule has 1 heterocycles. The van der Waals surface area contributed by atoms with Crippen molar-refractivity contribution in [2.24, 2.45) is 4.99 Å². The maximum atomic E-state index is 13.0. The lowest BCUT2D eigenvalue weighted by molar-refractivity contribution is -0.150. The smallest absolute Gasteiger partial charge is 0.252 e. The third-order valence-electron chi connectivity index (χ3n) is 4.75. The standard InChI is InChI=1S/C20H24N2O6/c1-19(11-25)12-28-20(27)16(21-14(9-23)10-24)8-7-15(18(20)22-19)17(26)13-5-3-2-4-6-13/h2-8,14,21,23-25,27H,9-12H2,1H3. The molecule has 2 unspecified atom stereocenters. The molecule has 0 amide bonds. The lowest BCUT2D eigenvalue weighted by atomic mass is 9.86. The van der Waals surface area contributed by atoms with Crippen molar-refractivity contribution in [3.63, 3.8) is 0 Å². The predicted octanol–water partition coefficient (Wildman–Crippen LogP) is -0.453. The van der Waals surface area contributed by atoms with Crippen molar-refractivity contribution in [3.8, 4) is 0 Å². The first-order valence-corrected chi connectivity index (χ1v) is 8.95. The van der Waals surface area contributed by atoms with Gasteiger partial charge in [0.05, 0.1) is 38.2 Å². The van der Waals surface area contributed by atoms with Gasteiger partial charge in [0.1, 0.15) is 11.3 Å². The maximum Gasteiger partial charge on any atom is 0.252 e. The van der Waals surface area contributed by atoms with Crippen LogP contribution in [0.2, 0.25) is 0 Å². The van der Waals surface area contributed by atoms with E-state index < -0.39 is 17.4 Å². The van der Waals surface area contributed by atoms with E-state index in [2.05, 4.69) is 10.3 Å². The van der Waals surface area contributed by atoms with E-state index in [-0.39, 0.29) is 49.2 Å². The fourth-order valence-electron chi connectivity index (χ4n) is 3.04. The van der Waals surface area contributed by atoms with Crippen molar-refractivity contribution in [1.29, 1.82) is 0 Å². The SMILES string of the molecule is CC1(CO)COC2(O)C(NC(CO)CO)=CC=C(C(=O)c3ccccc3)C2=N1. The van der Waals surface area contributed by atoms with Gasteiger partial charge in [0.2, 0.25) is 0 Å². The Balaban J connectivity index is 2.09. The zero-order valence-corrected chi connectivity index (χ0v) is 15.5. The predicted molar refractivity (Wildman–Crippen MR) is 102 cm³/mol. The van der Waals surface area contributed by atoms with Crippen molar-refractivity contribution < 1.29 is 30.0 Å². The fraction of sp³-hybridized carbons (Fsp3) is 0.400. The van der Waals surface area contributed by atoms with Crippen LogP contribution in [0.1, 0.15) is 17.3 Å². The van der Waals surface area contributed by atoms with E-state index in [0.29, 0.717) is 5.56 Å². The molecule has 1 aromatic carbocycles. The minimum Gasteiger partial charge on any atom is -0.394 e. The van der Waals surface area contributed by atoms with E-state index in [4.69, 9.17) is 4.74 Å². The van der Waals surface area contributed by atoms with E-state index in [1.807, 2.05) is 0 Å². The number of rotatable bonds is 7. The highest BCUT2D eigenvalue weighted by Gasteiger charge is 2.50. The van der Waals surface area contributed by atoms with Crippen LogP contribution in [0.25, 0.3) is 0 Å². The van der Waals surface area contributed by atoms with Crippen molar-refractivity contribution in [2.75, 3.05) is 26.4 Å². The number of aliphatic imine (C=N–C) groups is 1. The molecule has 1 aromatic rings. The van der Waals surface area contributed by atoms with Gasteiger partial charge in [-0.1, -0.05) is 30.3 Å². The number of hydrogen-bond acceptors (Lipinski definition) is 8. The molecule has 8 heteroatoms. The monoisotopic (exact) mass is 388 g/mol. The van der Waals surface area contributed by atoms with Crippen LogP contribution in [0.3, 0.4) is 0 Å². The molecular weight excluding hydrogens is 364 g/mol. The molecule has 28 heavy (non-hydrogen) atoms. The number of ether oxygens (including phenoxy) is 1. The Kier molecular flexibility index (Phi) is 5.78. The van der Waals surface area contributed by atoms with Gasteiger partial charge in [-0.05, 0) is 19.1 Å². The summed E-state index contributed by atoms with van der Waals surface area (Å²) in [5.41, 5.74) is -0.340. The highest BCUT2D eigenvalue weighted by molar-refractivity contribution is 6.31. The summed E-state index contributed by atoms with van der Waals surface area (Å²) in [6.45, 7) is 0.494.